The molecule has 1 fully saturated rings. The van der Waals surface area contributed by atoms with Gasteiger partial charge in [-0.05, 0) is 49.6 Å². The van der Waals surface area contributed by atoms with Crippen molar-refractivity contribution in [2.24, 2.45) is 0 Å². The van der Waals surface area contributed by atoms with Crippen LogP contribution in [0.3, 0.4) is 0 Å². The highest BCUT2D eigenvalue weighted by Crippen LogP contribution is 2.32. The topological polar surface area (TPSA) is 49.9 Å². The molecule has 0 N–H and O–H groups in total. The van der Waals surface area contributed by atoms with E-state index < -0.39 is 17.6 Å². The third kappa shape index (κ3) is 5.00. The molecule has 1 aliphatic heterocycles. The highest BCUT2D eigenvalue weighted by Gasteiger charge is 2.36. The Morgan fingerprint density at radius 3 is 2.13 bits per heavy atom. The van der Waals surface area contributed by atoms with Gasteiger partial charge in [-0.2, -0.15) is 13.2 Å². The van der Waals surface area contributed by atoms with Gasteiger partial charge in [0.25, 0.3) is 11.8 Å². The van der Waals surface area contributed by atoms with Gasteiger partial charge in [0.1, 0.15) is 5.75 Å². The fourth-order valence-electron chi connectivity index (χ4n) is 3.62. The van der Waals surface area contributed by atoms with Gasteiger partial charge in [-0.15, -0.1) is 0 Å². The number of nitrogens with zero attached hydrogens (tertiary/aromatic N) is 2. The van der Waals surface area contributed by atoms with Crippen molar-refractivity contribution in [2.75, 3.05) is 32.8 Å². The standard InChI is InChI=1S/C23H25F3N2O3/c1-15-8-9-16(2)21(17(15)3)31-14-20(29)27-10-12-28(13-11-27)22(30)18-6-4-5-7-19(18)23(24,25)26/h4-9H,10-14H2,1-3H3. The number of alkyl halides is 3. The molecule has 0 aromatic heterocycles. The first-order valence-corrected chi connectivity index (χ1v) is 10.0. The molecule has 3 rings (SSSR count). The van der Waals surface area contributed by atoms with Gasteiger partial charge in [0.2, 0.25) is 0 Å². The van der Waals surface area contributed by atoms with Gasteiger partial charge < -0.3 is 14.5 Å². The summed E-state index contributed by atoms with van der Waals surface area (Å²) in [5, 5.41) is 0. The largest absolute Gasteiger partial charge is 0.483 e. The van der Waals surface area contributed by atoms with Crippen molar-refractivity contribution < 1.29 is 27.5 Å². The molecule has 0 saturated carbocycles. The number of benzene rings is 2. The molecule has 1 heterocycles. The van der Waals surface area contributed by atoms with Gasteiger partial charge in [0.15, 0.2) is 6.61 Å². The summed E-state index contributed by atoms with van der Waals surface area (Å²) in [4.78, 5) is 28.1. The first kappa shape index (κ1) is 22.7. The van der Waals surface area contributed by atoms with Gasteiger partial charge >= 0.3 is 6.18 Å². The molecule has 2 aromatic rings. The summed E-state index contributed by atoms with van der Waals surface area (Å²) in [6.45, 7) is 6.51. The molecule has 0 atom stereocenters. The van der Waals surface area contributed by atoms with Crippen LogP contribution in [-0.4, -0.2) is 54.4 Å². The van der Waals surface area contributed by atoms with Crippen LogP contribution in [-0.2, 0) is 11.0 Å². The summed E-state index contributed by atoms with van der Waals surface area (Å²) in [6.07, 6.45) is -4.60. The first-order chi connectivity index (χ1) is 14.6. The van der Waals surface area contributed by atoms with E-state index in [2.05, 4.69) is 0 Å². The molecule has 0 spiro atoms. The Balaban J connectivity index is 1.59. The average Bonchev–Trinajstić information content (AvgIpc) is 2.75. The van der Waals surface area contributed by atoms with Gasteiger partial charge in [0, 0.05) is 26.2 Å². The lowest BCUT2D eigenvalue weighted by atomic mass is 10.1. The van der Waals surface area contributed by atoms with Crippen LogP contribution in [0.4, 0.5) is 13.2 Å². The van der Waals surface area contributed by atoms with Crippen molar-refractivity contribution in [1.29, 1.82) is 0 Å². The molecule has 1 aliphatic rings. The van der Waals surface area contributed by atoms with E-state index in [1.54, 1.807) is 4.90 Å². The molecule has 0 aliphatic carbocycles. The summed E-state index contributed by atoms with van der Waals surface area (Å²) >= 11 is 0. The lowest BCUT2D eigenvalue weighted by molar-refractivity contribution is -0.138. The summed E-state index contributed by atoms with van der Waals surface area (Å²) in [7, 11) is 0. The summed E-state index contributed by atoms with van der Waals surface area (Å²) in [5.41, 5.74) is 1.67. The van der Waals surface area contributed by atoms with Crippen molar-refractivity contribution in [1.82, 2.24) is 9.80 Å². The lowest BCUT2D eigenvalue weighted by Crippen LogP contribution is -2.51. The Kier molecular flexibility index (Phi) is 6.57. The number of hydrogen-bond acceptors (Lipinski definition) is 3. The third-order valence-corrected chi connectivity index (χ3v) is 5.60. The quantitative estimate of drug-likeness (QED) is 0.731. The average molecular weight is 434 g/mol. The number of piperazine rings is 1. The predicted octanol–water partition coefficient (Wildman–Crippen LogP) is 3.99. The maximum absolute atomic E-state index is 13.2. The molecule has 2 aromatic carbocycles. The maximum Gasteiger partial charge on any atom is 0.417 e. The number of hydrogen-bond donors (Lipinski definition) is 0. The number of amides is 2. The molecule has 8 heteroatoms. The second kappa shape index (κ2) is 8.99. The lowest BCUT2D eigenvalue weighted by Gasteiger charge is -2.35. The van der Waals surface area contributed by atoms with E-state index in [1.807, 2.05) is 32.9 Å². The minimum absolute atomic E-state index is 0.129. The second-order valence-electron chi connectivity index (χ2n) is 7.66. The fraction of sp³-hybridized carbons (Fsp3) is 0.391. The van der Waals surface area contributed by atoms with Gasteiger partial charge in [-0.3, -0.25) is 9.59 Å². The molecular formula is C23H25F3N2O3. The van der Waals surface area contributed by atoms with E-state index >= 15 is 0 Å². The Morgan fingerprint density at radius 1 is 0.903 bits per heavy atom. The predicted molar refractivity (Wildman–Crippen MR) is 110 cm³/mol. The zero-order valence-electron chi connectivity index (χ0n) is 17.8. The smallest absolute Gasteiger partial charge is 0.417 e. The maximum atomic E-state index is 13.2. The van der Waals surface area contributed by atoms with E-state index in [9.17, 15) is 22.8 Å². The molecule has 1 saturated heterocycles. The van der Waals surface area contributed by atoms with Crippen molar-refractivity contribution >= 4 is 11.8 Å². The van der Waals surface area contributed by atoms with E-state index in [1.165, 1.54) is 23.1 Å². The summed E-state index contributed by atoms with van der Waals surface area (Å²) < 4.78 is 45.4. The Hall–Kier alpha value is -3.03. The molecular weight excluding hydrogens is 409 g/mol. The highest BCUT2D eigenvalue weighted by molar-refractivity contribution is 5.96. The summed E-state index contributed by atoms with van der Waals surface area (Å²) in [5.74, 6) is -0.212. The first-order valence-electron chi connectivity index (χ1n) is 10.0. The number of ether oxygens (including phenoxy) is 1. The minimum Gasteiger partial charge on any atom is -0.483 e. The van der Waals surface area contributed by atoms with Crippen molar-refractivity contribution in [3.05, 3.63) is 64.2 Å². The fourth-order valence-corrected chi connectivity index (χ4v) is 3.62. The zero-order valence-corrected chi connectivity index (χ0v) is 17.8. The SMILES string of the molecule is Cc1ccc(C)c(OCC(=O)N2CCN(C(=O)c3ccccc3C(F)(F)F)CC2)c1C. The van der Waals surface area contributed by atoms with E-state index in [0.29, 0.717) is 5.75 Å². The van der Waals surface area contributed by atoms with Gasteiger partial charge in [-0.1, -0.05) is 24.3 Å². The minimum atomic E-state index is -4.60. The third-order valence-electron chi connectivity index (χ3n) is 5.60. The number of rotatable bonds is 4. The van der Waals surface area contributed by atoms with Gasteiger partial charge in [0.05, 0.1) is 11.1 Å². The molecule has 2 amide bonds. The van der Waals surface area contributed by atoms with Crippen LogP contribution in [0.15, 0.2) is 36.4 Å². The zero-order chi connectivity index (χ0) is 22.8. The van der Waals surface area contributed by atoms with Crippen LogP contribution in [0.2, 0.25) is 0 Å². The molecule has 5 nitrogen and oxygen atoms in total. The molecule has 0 bridgehead atoms. The number of carbonyl (C=O) groups excluding carboxylic acids is 2. The summed E-state index contributed by atoms with van der Waals surface area (Å²) in [6, 6.07) is 8.68. The van der Waals surface area contributed by atoms with Crippen LogP contribution in [0.5, 0.6) is 5.75 Å². The van der Waals surface area contributed by atoms with Crippen molar-refractivity contribution in [2.45, 2.75) is 26.9 Å². The molecule has 0 radical (unpaired) electrons. The second-order valence-corrected chi connectivity index (χ2v) is 7.66. The normalized spacial score (nSPS) is 14.5. The van der Waals surface area contributed by atoms with Crippen LogP contribution >= 0.6 is 0 Å². The number of halogens is 3. The number of carbonyl (C=O) groups is 2. The molecule has 31 heavy (non-hydrogen) atoms. The van der Waals surface area contributed by atoms with Crippen molar-refractivity contribution in [3.8, 4) is 5.75 Å². The van der Waals surface area contributed by atoms with Crippen molar-refractivity contribution in [3.63, 3.8) is 0 Å². The van der Waals surface area contributed by atoms with E-state index in [4.69, 9.17) is 4.74 Å². The monoisotopic (exact) mass is 434 g/mol. The number of aryl methyl sites for hydroxylation is 2. The highest BCUT2D eigenvalue weighted by atomic mass is 19.4. The van der Waals surface area contributed by atoms with E-state index in [-0.39, 0.29) is 44.3 Å². The molecule has 0 unspecified atom stereocenters. The van der Waals surface area contributed by atoms with Crippen LogP contribution in [0.25, 0.3) is 0 Å². The van der Waals surface area contributed by atoms with Crippen LogP contribution in [0.1, 0.15) is 32.6 Å². The van der Waals surface area contributed by atoms with Crippen LogP contribution in [0, 0.1) is 20.8 Å². The Bertz CT molecular complexity index is 981. The van der Waals surface area contributed by atoms with E-state index in [0.717, 1.165) is 22.8 Å². The van der Waals surface area contributed by atoms with Crippen LogP contribution < -0.4 is 4.74 Å². The Labute approximate surface area is 179 Å². The molecule has 166 valence electrons. The Morgan fingerprint density at radius 2 is 1.48 bits per heavy atom. The van der Waals surface area contributed by atoms with Gasteiger partial charge in [-0.25, -0.2) is 0 Å².